The van der Waals surface area contributed by atoms with Crippen LogP contribution in [0.3, 0.4) is 0 Å². The normalized spacial score (nSPS) is 16.3. The summed E-state index contributed by atoms with van der Waals surface area (Å²) in [5, 5.41) is 6.63. The molecule has 3 aromatic rings. The molecule has 1 aliphatic rings. The van der Waals surface area contributed by atoms with E-state index in [0.29, 0.717) is 31.5 Å². The summed E-state index contributed by atoms with van der Waals surface area (Å²) in [7, 11) is 1.75. The van der Waals surface area contributed by atoms with Crippen LogP contribution in [0.2, 0.25) is 0 Å². The number of hydrogen-bond acceptors (Lipinski definition) is 5. The lowest BCUT2D eigenvalue weighted by Crippen LogP contribution is -2.36. The summed E-state index contributed by atoms with van der Waals surface area (Å²) < 4.78 is 17.2. The number of oxazole rings is 1. The second-order valence-corrected chi connectivity index (χ2v) is 7.50. The molecular weight excluding hydrogens is 392 g/mol. The van der Waals surface area contributed by atoms with Crippen molar-refractivity contribution in [3.63, 3.8) is 0 Å². The van der Waals surface area contributed by atoms with E-state index in [-0.39, 0.29) is 6.10 Å². The van der Waals surface area contributed by atoms with Gasteiger partial charge in [-0.3, -0.25) is 4.99 Å². The predicted octanol–water partition coefficient (Wildman–Crippen LogP) is 3.68. The standard InChI is InChI=1S/C24H28N4O3/c1-17-8-9-19(22(12-17)31-21-10-11-29-16-21)13-26-24(25-2)27-14-20-15-30-23(28-20)18-6-4-3-5-7-18/h3-9,12,15,21H,10-11,13-14,16H2,1-2H3,(H2,25,26,27). The molecule has 2 heterocycles. The molecule has 1 aromatic heterocycles. The number of ether oxygens (including phenoxy) is 2. The van der Waals surface area contributed by atoms with Gasteiger partial charge < -0.3 is 24.5 Å². The lowest BCUT2D eigenvalue weighted by atomic mass is 10.1. The van der Waals surface area contributed by atoms with Gasteiger partial charge in [-0.1, -0.05) is 30.3 Å². The third-order valence-electron chi connectivity index (χ3n) is 5.08. The number of benzene rings is 2. The average molecular weight is 421 g/mol. The van der Waals surface area contributed by atoms with Crippen molar-refractivity contribution >= 4 is 5.96 Å². The predicted molar refractivity (Wildman–Crippen MR) is 120 cm³/mol. The van der Waals surface area contributed by atoms with Crippen molar-refractivity contribution in [3.05, 3.63) is 71.6 Å². The van der Waals surface area contributed by atoms with Crippen molar-refractivity contribution in [1.82, 2.24) is 15.6 Å². The van der Waals surface area contributed by atoms with E-state index in [1.54, 1.807) is 13.3 Å². The summed E-state index contributed by atoms with van der Waals surface area (Å²) in [5.41, 5.74) is 4.01. The number of nitrogens with one attached hydrogen (secondary N) is 2. The summed E-state index contributed by atoms with van der Waals surface area (Å²) >= 11 is 0. The Bertz CT molecular complexity index is 1010. The van der Waals surface area contributed by atoms with Crippen molar-refractivity contribution in [2.24, 2.45) is 4.99 Å². The van der Waals surface area contributed by atoms with Gasteiger partial charge in [0.25, 0.3) is 0 Å². The second kappa shape index (κ2) is 10.1. The van der Waals surface area contributed by atoms with Gasteiger partial charge in [0.1, 0.15) is 18.1 Å². The van der Waals surface area contributed by atoms with Crippen molar-refractivity contribution in [3.8, 4) is 17.2 Å². The molecule has 162 valence electrons. The van der Waals surface area contributed by atoms with Gasteiger partial charge >= 0.3 is 0 Å². The van der Waals surface area contributed by atoms with Gasteiger partial charge in [0.2, 0.25) is 5.89 Å². The minimum atomic E-state index is 0.115. The molecule has 0 radical (unpaired) electrons. The first-order valence-corrected chi connectivity index (χ1v) is 10.5. The third kappa shape index (κ3) is 5.64. The molecule has 2 N–H and O–H groups in total. The summed E-state index contributed by atoms with van der Waals surface area (Å²) in [5.74, 6) is 2.18. The summed E-state index contributed by atoms with van der Waals surface area (Å²) in [4.78, 5) is 8.85. The van der Waals surface area contributed by atoms with Crippen LogP contribution >= 0.6 is 0 Å². The quantitative estimate of drug-likeness (QED) is 0.448. The number of aryl methyl sites for hydroxylation is 1. The van der Waals surface area contributed by atoms with Crippen molar-refractivity contribution in [2.45, 2.75) is 32.5 Å². The molecule has 1 aliphatic heterocycles. The van der Waals surface area contributed by atoms with Gasteiger partial charge in [-0.15, -0.1) is 0 Å². The number of rotatable bonds is 7. The van der Waals surface area contributed by atoms with Crippen molar-refractivity contribution < 1.29 is 13.9 Å². The molecule has 1 saturated heterocycles. The molecule has 4 rings (SSSR count). The Kier molecular flexibility index (Phi) is 6.84. The van der Waals surface area contributed by atoms with Crippen molar-refractivity contribution in [2.75, 3.05) is 20.3 Å². The first-order valence-electron chi connectivity index (χ1n) is 10.5. The van der Waals surface area contributed by atoms with Gasteiger partial charge in [0.05, 0.1) is 25.5 Å². The Labute approximate surface area is 182 Å². The largest absolute Gasteiger partial charge is 0.488 e. The van der Waals surface area contributed by atoms with Gasteiger partial charge in [0, 0.05) is 31.1 Å². The minimum absolute atomic E-state index is 0.115. The molecule has 1 unspecified atom stereocenters. The topological polar surface area (TPSA) is 80.9 Å². The molecule has 0 saturated carbocycles. The molecule has 7 heteroatoms. The van der Waals surface area contributed by atoms with Crippen LogP contribution in [-0.4, -0.2) is 37.3 Å². The van der Waals surface area contributed by atoms with Crippen molar-refractivity contribution in [1.29, 1.82) is 0 Å². The fourth-order valence-corrected chi connectivity index (χ4v) is 3.38. The highest BCUT2D eigenvalue weighted by molar-refractivity contribution is 5.79. The van der Waals surface area contributed by atoms with Crippen LogP contribution in [0.5, 0.6) is 5.75 Å². The van der Waals surface area contributed by atoms with Gasteiger partial charge in [0.15, 0.2) is 5.96 Å². The maximum atomic E-state index is 6.18. The molecule has 0 amide bonds. The molecule has 1 atom stereocenters. The highest BCUT2D eigenvalue weighted by Crippen LogP contribution is 2.24. The zero-order valence-electron chi connectivity index (χ0n) is 17.9. The third-order valence-corrected chi connectivity index (χ3v) is 5.08. The maximum Gasteiger partial charge on any atom is 0.226 e. The fourth-order valence-electron chi connectivity index (χ4n) is 3.38. The lowest BCUT2D eigenvalue weighted by molar-refractivity contribution is 0.140. The van der Waals surface area contributed by atoms with E-state index in [1.165, 1.54) is 5.56 Å². The molecule has 31 heavy (non-hydrogen) atoms. The lowest BCUT2D eigenvalue weighted by Gasteiger charge is -2.18. The van der Waals surface area contributed by atoms with E-state index in [4.69, 9.17) is 13.9 Å². The minimum Gasteiger partial charge on any atom is -0.488 e. The van der Waals surface area contributed by atoms with E-state index < -0.39 is 0 Å². The van der Waals surface area contributed by atoms with Gasteiger partial charge in [-0.2, -0.15) is 0 Å². The van der Waals surface area contributed by atoms with Crippen LogP contribution in [0.25, 0.3) is 11.5 Å². The van der Waals surface area contributed by atoms with E-state index >= 15 is 0 Å². The molecule has 0 bridgehead atoms. The Balaban J connectivity index is 1.33. The number of hydrogen-bond donors (Lipinski definition) is 2. The first-order chi connectivity index (χ1) is 15.2. The molecule has 1 fully saturated rings. The molecule has 7 nitrogen and oxygen atoms in total. The van der Waals surface area contributed by atoms with Crippen LogP contribution in [-0.2, 0) is 17.8 Å². The fraction of sp³-hybridized carbons (Fsp3) is 0.333. The van der Waals surface area contributed by atoms with E-state index in [0.717, 1.165) is 35.6 Å². The SMILES string of the molecule is CN=C(NCc1coc(-c2ccccc2)n1)NCc1ccc(C)cc1OC1CCOC1. The number of guanidine groups is 1. The summed E-state index contributed by atoms with van der Waals surface area (Å²) in [6.07, 6.45) is 2.70. The molecule has 0 spiro atoms. The maximum absolute atomic E-state index is 6.18. The van der Waals surface area contributed by atoms with Crippen LogP contribution in [0.1, 0.15) is 23.2 Å². The monoisotopic (exact) mass is 420 g/mol. The smallest absolute Gasteiger partial charge is 0.226 e. The average Bonchev–Trinajstić information content (AvgIpc) is 3.48. The number of aliphatic imine (C=N–C) groups is 1. The zero-order chi connectivity index (χ0) is 21.5. The van der Waals surface area contributed by atoms with E-state index in [9.17, 15) is 0 Å². The zero-order valence-corrected chi connectivity index (χ0v) is 17.9. The Morgan fingerprint density at radius 2 is 2.00 bits per heavy atom. The van der Waals surface area contributed by atoms with Crippen LogP contribution in [0.15, 0.2) is 64.2 Å². The van der Waals surface area contributed by atoms with Crippen LogP contribution in [0, 0.1) is 6.92 Å². The molecular formula is C24H28N4O3. The highest BCUT2D eigenvalue weighted by Gasteiger charge is 2.19. The number of aromatic nitrogens is 1. The van der Waals surface area contributed by atoms with Gasteiger partial charge in [-0.25, -0.2) is 4.98 Å². The van der Waals surface area contributed by atoms with E-state index in [1.807, 2.05) is 30.3 Å². The Morgan fingerprint density at radius 3 is 2.77 bits per heavy atom. The Morgan fingerprint density at radius 1 is 1.16 bits per heavy atom. The summed E-state index contributed by atoms with van der Waals surface area (Å²) in [6.45, 7) is 4.57. The van der Waals surface area contributed by atoms with E-state index in [2.05, 4.69) is 45.7 Å². The first kappa shape index (κ1) is 20.9. The summed E-state index contributed by atoms with van der Waals surface area (Å²) in [6, 6.07) is 16.1. The Hall–Kier alpha value is -3.32. The second-order valence-electron chi connectivity index (χ2n) is 7.50. The van der Waals surface area contributed by atoms with Crippen LogP contribution in [0.4, 0.5) is 0 Å². The molecule has 0 aliphatic carbocycles. The van der Waals surface area contributed by atoms with Crippen LogP contribution < -0.4 is 15.4 Å². The molecule has 2 aromatic carbocycles. The highest BCUT2D eigenvalue weighted by atomic mass is 16.5. The van der Waals surface area contributed by atoms with Gasteiger partial charge in [-0.05, 0) is 30.7 Å². The number of nitrogens with zero attached hydrogens (tertiary/aromatic N) is 2.